The average molecular weight is 304 g/mol. The Morgan fingerprint density at radius 3 is 2.27 bits per heavy atom. The zero-order chi connectivity index (χ0) is 16.2. The Morgan fingerprint density at radius 1 is 1.09 bits per heavy atom. The van der Waals surface area contributed by atoms with Crippen molar-refractivity contribution in [3.05, 3.63) is 29.8 Å². The number of amides is 1. The molecule has 4 nitrogen and oxygen atoms in total. The molecule has 122 valence electrons. The molecule has 0 heterocycles. The van der Waals surface area contributed by atoms with Gasteiger partial charge in [0.25, 0.3) is 0 Å². The standard InChI is InChI=1S/C18H28N2O2/c1-13-7-5-6-8-16(13)19-14-9-11-15(12-10-14)20-17(21)22-18(2,3)4/h5-8,14-15,19H,9-12H2,1-4H3,(H,20,21). The van der Waals surface area contributed by atoms with E-state index in [1.165, 1.54) is 11.3 Å². The van der Waals surface area contributed by atoms with Gasteiger partial charge in [0.15, 0.2) is 0 Å². The van der Waals surface area contributed by atoms with Crippen LogP contribution >= 0.6 is 0 Å². The van der Waals surface area contributed by atoms with Gasteiger partial charge in [-0.15, -0.1) is 0 Å². The van der Waals surface area contributed by atoms with Crippen LogP contribution in [-0.4, -0.2) is 23.8 Å². The first-order chi connectivity index (χ1) is 10.3. The highest BCUT2D eigenvalue weighted by atomic mass is 16.6. The molecule has 0 atom stereocenters. The Bertz CT molecular complexity index is 500. The molecule has 0 spiro atoms. The summed E-state index contributed by atoms with van der Waals surface area (Å²) in [6.07, 6.45) is 3.80. The van der Waals surface area contributed by atoms with Crippen molar-refractivity contribution in [2.24, 2.45) is 0 Å². The van der Waals surface area contributed by atoms with Crippen LogP contribution in [0.25, 0.3) is 0 Å². The summed E-state index contributed by atoms with van der Waals surface area (Å²) < 4.78 is 5.31. The molecule has 2 rings (SSSR count). The van der Waals surface area contributed by atoms with Crippen LogP contribution in [0, 0.1) is 6.92 Å². The van der Waals surface area contributed by atoms with Crippen LogP contribution in [0.15, 0.2) is 24.3 Å². The van der Waals surface area contributed by atoms with E-state index in [9.17, 15) is 4.79 Å². The molecule has 0 bridgehead atoms. The van der Waals surface area contributed by atoms with Gasteiger partial charge in [-0.2, -0.15) is 0 Å². The molecule has 1 fully saturated rings. The van der Waals surface area contributed by atoms with Crippen LogP contribution in [0.4, 0.5) is 10.5 Å². The highest BCUT2D eigenvalue weighted by Gasteiger charge is 2.24. The normalized spacial score (nSPS) is 22.0. The maximum Gasteiger partial charge on any atom is 0.407 e. The van der Waals surface area contributed by atoms with Gasteiger partial charge in [0.05, 0.1) is 0 Å². The zero-order valence-corrected chi connectivity index (χ0v) is 14.1. The zero-order valence-electron chi connectivity index (χ0n) is 14.1. The van der Waals surface area contributed by atoms with Crippen LogP contribution in [-0.2, 0) is 4.74 Å². The summed E-state index contributed by atoms with van der Waals surface area (Å²) in [6, 6.07) is 9.08. The summed E-state index contributed by atoms with van der Waals surface area (Å²) in [6.45, 7) is 7.78. The first-order valence-corrected chi connectivity index (χ1v) is 8.15. The number of benzene rings is 1. The minimum Gasteiger partial charge on any atom is -0.444 e. The van der Waals surface area contributed by atoms with Crippen LogP contribution in [0.1, 0.15) is 52.0 Å². The Morgan fingerprint density at radius 2 is 1.68 bits per heavy atom. The van der Waals surface area contributed by atoms with Crippen molar-refractivity contribution in [2.45, 2.75) is 71.1 Å². The van der Waals surface area contributed by atoms with Crippen LogP contribution in [0.3, 0.4) is 0 Å². The quantitative estimate of drug-likeness (QED) is 0.878. The van der Waals surface area contributed by atoms with Gasteiger partial charge in [0.1, 0.15) is 5.60 Å². The Hall–Kier alpha value is -1.71. The van der Waals surface area contributed by atoms with Gasteiger partial charge in [-0.25, -0.2) is 4.79 Å². The molecule has 1 amide bonds. The number of ether oxygens (including phenoxy) is 1. The van der Waals surface area contributed by atoms with Crippen molar-refractivity contribution < 1.29 is 9.53 Å². The van der Waals surface area contributed by atoms with Crippen molar-refractivity contribution >= 4 is 11.8 Å². The number of hydrogen-bond acceptors (Lipinski definition) is 3. The van der Waals surface area contributed by atoms with Crippen molar-refractivity contribution in [2.75, 3.05) is 5.32 Å². The molecule has 0 aromatic heterocycles. The highest BCUT2D eigenvalue weighted by molar-refractivity contribution is 5.68. The van der Waals surface area contributed by atoms with E-state index < -0.39 is 5.60 Å². The molecular weight excluding hydrogens is 276 g/mol. The van der Waals surface area contributed by atoms with E-state index in [1.54, 1.807) is 0 Å². The fraction of sp³-hybridized carbons (Fsp3) is 0.611. The second kappa shape index (κ2) is 7.03. The van der Waals surface area contributed by atoms with Crippen molar-refractivity contribution in [1.29, 1.82) is 0 Å². The maximum atomic E-state index is 11.8. The number of alkyl carbamates (subject to hydrolysis) is 1. The predicted octanol–water partition coefficient (Wildman–Crippen LogP) is 4.24. The molecular formula is C18H28N2O2. The SMILES string of the molecule is Cc1ccccc1NC1CCC(NC(=O)OC(C)(C)C)CC1. The summed E-state index contributed by atoms with van der Waals surface area (Å²) in [5.74, 6) is 0. The summed E-state index contributed by atoms with van der Waals surface area (Å²) in [5.41, 5.74) is 2.05. The fourth-order valence-corrected chi connectivity index (χ4v) is 2.81. The third kappa shape index (κ3) is 5.24. The Labute approximate surface area is 133 Å². The molecule has 1 aliphatic rings. The Kier molecular flexibility index (Phi) is 5.33. The fourth-order valence-electron chi connectivity index (χ4n) is 2.81. The smallest absolute Gasteiger partial charge is 0.407 e. The van der Waals surface area contributed by atoms with E-state index in [0.29, 0.717) is 6.04 Å². The van der Waals surface area contributed by atoms with Crippen molar-refractivity contribution in [1.82, 2.24) is 5.32 Å². The van der Waals surface area contributed by atoms with Crippen LogP contribution in [0.2, 0.25) is 0 Å². The molecule has 1 aromatic carbocycles. The lowest BCUT2D eigenvalue weighted by Crippen LogP contribution is -2.42. The number of nitrogens with one attached hydrogen (secondary N) is 2. The summed E-state index contributed by atoms with van der Waals surface area (Å²) in [5, 5.41) is 6.60. The van der Waals surface area contributed by atoms with Crippen LogP contribution in [0.5, 0.6) is 0 Å². The average Bonchev–Trinajstić information content (AvgIpc) is 2.41. The molecule has 4 heteroatoms. The van der Waals surface area contributed by atoms with Gasteiger partial charge >= 0.3 is 6.09 Å². The summed E-state index contributed by atoms with van der Waals surface area (Å²) >= 11 is 0. The van der Waals surface area contributed by atoms with Gasteiger partial charge in [-0.1, -0.05) is 18.2 Å². The summed E-state index contributed by atoms with van der Waals surface area (Å²) in [4.78, 5) is 11.8. The minimum atomic E-state index is -0.437. The third-order valence-electron chi connectivity index (χ3n) is 3.95. The molecule has 1 saturated carbocycles. The monoisotopic (exact) mass is 304 g/mol. The number of carbonyl (C=O) groups excluding carboxylic acids is 1. The number of carbonyl (C=O) groups is 1. The van der Waals surface area contributed by atoms with Gasteiger partial charge in [0, 0.05) is 17.8 Å². The second-order valence-corrected chi connectivity index (χ2v) is 7.15. The van der Waals surface area contributed by atoms with Crippen LogP contribution < -0.4 is 10.6 Å². The largest absolute Gasteiger partial charge is 0.444 e. The Balaban J connectivity index is 1.76. The minimum absolute atomic E-state index is 0.227. The maximum absolute atomic E-state index is 11.8. The lowest BCUT2D eigenvalue weighted by Gasteiger charge is -2.31. The number of para-hydroxylation sites is 1. The van der Waals surface area contributed by atoms with E-state index in [-0.39, 0.29) is 12.1 Å². The van der Waals surface area contributed by atoms with E-state index in [2.05, 4.69) is 41.8 Å². The predicted molar refractivity (Wildman–Crippen MR) is 90.2 cm³/mol. The number of hydrogen-bond donors (Lipinski definition) is 2. The molecule has 2 N–H and O–H groups in total. The molecule has 0 unspecified atom stereocenters. The van der Waals surface area contributed by atoms with Gasteiger partial charge in [-0.05, 0) is 65.0 Å². The lowest BCUT2D eigenvalue weighted by molar-refractivity contribution is 0.0492. The van der Waals surface area contributed by atoms with Crippen molar-refractivity contribution in [3.63, 3.8) is 0 Å². The second-order valence-electron chi connectivity index (χ2n) is 7.15. The molecule has 0 aliphatic heterocycles. The molecule has 1 aliphatic carbocycles. The molecule has 1 aromatic rings. The first-order valence-electron chi connectivity index (χ1n) is 8.15. The third-order valence-corrected chi connectivity index (χ3v) is 3.95. The number of anilines is 1. The highest BCUT2D eigenvalue weighted by Crippen LogP contribution is 2.24. The number of aryl methyl sites for hydroxylation is 1. The summed E-state index contributed by atoms with van der Waals surface area (Å²) in [7, 11) is 0. The van der Waals surface area contributed by atoms with Gasteiger partial charge < -0.3 is 15.4 Å². The molecule has 22 heavy (non-hydrogen) atoms. The van der Waals surface area contributed by atoms with E-state index in [4.69, 9.17) is 4.74 Å². The van der Waals surface area contributed by atoms with E-state index in [1.807, 2.05) is 20.8 Å². The van der Waals surface area contributed by atoms with E-state index in [0.717, 1.165) is 25.7 Å². The molecule has 0 saturated heterocycles. The number of rotatable bonds is 3. The van der Waals surface area contributed by atoms with E-state index >= 15 is 0 Å². The van der Waals surface area contributed by atoms with Gasteiger partial charge in [-0.3, -0.25) is 0 Å². The first kappa shape index (κ1) is 16.7. The van der Waals surface area contributed by atoms with Gasteiger partial charge in [0.2, 0.25) is 0 Å². The van der Waals surface area contributed by atoms with Crippen molar-refractivity contribution in [3.8, 4) is 0 Å². The topological polar surface area (TPSA) is 50.4 Å². The molecule has 0 radical (unpaired) electrons. The lowest BCUT2D eigenvalue weighted by atomic mass is 9.91.